The molecule has 2 N–H and O–H groups in total. The number of fused-ring (bicyclic) bond motifs is 1. The normalized spacial score (nSPS) is 13.2. The predicted molar refractivity (Wildman–Crippen MR) is 123 cm³/mol. The Morgan fingerprint density at radius 1 is 1.09 bits per heavy atom. The van der Waals surface area contributed by atoms with Gasteiger partial charge in [0, 0.05) is 22.0 Å². The Morgan fingerprint density at radius 2 is 1.79 bits per heavy atom. The fourth-order valence-corrected chi connectivity index (χ4v) is 3.85. The summed E-state index contributed by atoms with van der Waals surface area (Å²) in [5.74, 6) is -0.554. The number of benzene rings is 2. The van der Waals surface area contributed by atoms with E-state index in [1.54, 1.807) is 53.4 Å². The number of hydrogen-bond donors (Lipinski definition) is 1. The number of carbonyl (C=O) groups is 2. The topological polar surface area (TPSA) is 137 Å². The number of carbonyl (C=O) groups excluding carboxylic acids is 2. The Labute approximate surface area is 197 Å². The molecule has 2 aromatic carbocycles. The number of hydrogen-bond acceptors (Lipinski definition) is 7. The zero-order valence-electron chi connectivity index (χ0n) is 17.8. The van der Waals surface area contributed by atoms with Crippen LogP contribution >= 0.6 is 11.6 Å². The molecule has 11 heteroatoms. The summed E-state index contributed by atoms with van der Waals surface area (Å²) in [6.07, 6.45) is 1.66. The van der Waals surface area contributed by atoms with Crippen molar-refractivity contribution < 1.29 is 14.0 Å². The van der Waals surface area contributed by atoms with Gasteiger partial charge in [-0.15, -0.1) is 10.2 Å². The highest BCUT2D eigenvalue weighted by Gasteiger charge is 2.34. The third-order valence-electron chi connectivity index (χ3n) is 5.56. The summed E-state index contributed by atoms with van der Waals surface area (Å²) in [4.78, 5) is 39.6. The van der Waals surface area contributed by atoms with Gasteiger partial charge in [-0.25, -0.2) is 4.68 Å². The van der Waals surface area contributed by atoms with Crippen LogP contribution in [0.3, 0.4) is 0 Å². The first-order valence-electron chi connectivity index (χ1n) is 10.6. The first kappa shape index (κ1) is 21.8. The van der Waals surface area contributed by atoms with Gasteiger partial charge < -0.3 is 15.1 Å². The van der Waals surface area contributed by atoms with E-state index in [0.29, 0.717) is 21.9 Å². The number of nitrogens with two attached hydrogens (primary N) is 1. The maximum atomic E-state index is 13.2. The number of primary amides is 1. The van der Waals surface area contributed by atoms with E-state index in [-0.39, 0.29) is 42.0 Å². The summed E-state index contributed by atoms with van der Waals surface area (Å²) >= 11 is 5.92. The molecule has 1 fully saturated rings. The van der Waals surface area contributed by atoms with Crippen LogP contribution in [-0.4, -0.2) is 42.7 Å². The summed E-state index contributed by atoms with van der Waals surface area (Å²) in [6, 6.07) is 13.5. The van der Waals surface area contributed by atoms with Crippen LogP contribution in [0.5, 0.6) is 0 Å². The molecule has 34 heavy (non-hydrogen) atoms. The molecular weight excluding hydrogens is 460 g/mol. The van der Waals surface area contributed by atoms with Gasteiger partial charge in [-0.1, -0.05) is 29.8 Å². The van der Waals surface area contributed by atoms with Gasteiger partial charge in [0.2, 0.25) is 17.7 Å². The molecule has 0 unspecified atom stereocenters. The van der Waals surface area contributed by atoms with Crippen LogP contribution in [0, 0.1) is 0 Å². The second kappa shape index (κ2) is 8.71. The molecule has 5 rings (SSSR count). The molecule has 10 nitrogen and oxygen atoms in total. The van der Waals surface area contributed by atoms with Gasteiger partial charge in [-0.05, 0) is 43.2 Å². The summed E-state index contributed by atoms with van der Waals surface area (Å²) in [7, 11) is 0. The molecule has 0 spiro atoms. The average Bonchev–Trinajstić information content (AvgIpc) is 3.57. The molecule has 0 bridgehead atoms. The minimum atomic E-state index is -0.781. The van der Waals surface area contributed by atoms with Gasteiger partial charge in [0.1, 0.15) is 6.54 Å². The van der Waals surface area contributed by atoms with Gasteiger partial charge >= 0.3 is 0 Å². The lowest BCUT2D eigenvalue weighted by atomic mass is 10.1. The van der Waals surface area contributed by atoms with E-state index in [2.05, 4.69) is 15.3 Å². The summed E-state index contributed by atoms with van der Waals surface area (Å²) < 4.78 is 6.73. The maximum Gasteiger partial charge on any atom is 0.275 e. The maximum absolute atomic E-state index is 13.2. The van der Waals surface area contributed by atoms with Gasteiger partial charge in [-0.3, -0.25) is 14.4 Å². The highest BCUT2D eigenvalue weighted by atomic mass is 35.5. The number of amides is 2. The van der Waals surface area contributed by atoms with Crippen LogP contribution in [0.2, 0.25) is 5.02 Å². The van der Waals surface area contributed by atoms with E-state index in [1.807, 2.05) is 0 Å². The van der Waals surface area contributed by atoms with Gasteiger partial charge in [0.15, 0.2) is 5.69 Å². The summed E-state index contributed by atoms with van der Waals surface area (Å²) in [5.41, 5.74) is 5.62. The Kier molecular flexibility index (Phi) is 5.58. The van der Waals surface area contributed by atoms with Crippen molar-refractivity contribution in [3.05, 3.63) is 75.5 Å². The van der Waals surface area contributed by atoms with E-state index in [0.717, 1.165) is 17.5 Å². The number of halogens is 1. The molecule has 172 valence electrons. The van der Waals surface area contributed by atoms with Crippen molar-refractivity contribution in [2.45, 2.75) is 32.0 Å². The van der Waals surface area contributed by atoms with Crippen LogP contribution in [0.4, 0.5) is 0 Å². The van der Waals surface area contributed by atoms with Crippen molar-refractivity contribution >= 4 is 34.2 Å². The second-order valence-corrected chi connectivity index (χ2v) is 8.42. The molecule has 4 aromatic rings. The lowest BCUT2D eigenvalue weighted by molar-refractivity contribution is -0.133. The SMILES string of the molecule is NC(=O)c1nn(CC(=O)N(Cc2nnc(-c3ccc(Cl)cc3)o2)C2CC2)c(=O)c2ccccc12. The van der Waals surface area contributed by atoms with Crippen molar-refractivity contribution in [2.24, 2.45) is 5.73 Å². The van der Waals surface area contributed by atoms with Crippen LogP contribution in [0.15, 0.2) is 57.7 Å². The summed E-state index contributed by atoms with van der Waals surface area (Å²) in [5, 5.41) is 13.4. The highest BCUT2D eigenvalue weighted by Crippen LogP contribution is 2.29. The third-order valence-corrected chi connectivity index (χ3v) is 5.81. The molecule has 0 radical (unpaired) electrons. The number of nitrogens with zero attached hydrogens (tertiary/aromatic N) is 5. The zero-order chi connectivity index (χ0) is 23.8. The molecule has 0 aliphatic heterocycles. The van der Waals surface area contributed by atoms with E-state index in [9.17, 15) is 14.4 Å². The van der Waals surface area contributed by atoms with Crippen LogP contribution < -0.4 is 11.3 Å². The lowest BCUT2D eigenvalue weighted by Gasteiger charge is -2.21. The second-order valence-electron chi connectivity index (χ2n) is 7.98. The van der Waals surface area contributed by atoms with Crippen LogP contribution in [0.25, 0.3) is 22.2 Å². The lowest BCUT2D eigenvalue weighted by Crippen LogP contribution is -2.39. The van der Waals surface area contributed by atoms with Gasteiger partial charge in [-0.2, -0.15) is 5.10 Å². The Balaban J connectivity index is 1.40. The molecule has 2 aromatic heterocycles. The first-order valence-corrected chi connectivity index (χ1v) is 11.0. The van der Waals surface area contributed by atoms with Crippen molar-refractivity contribution in [3.8, 4) is 11.5 Å². The average molecular weight is 479 g/mol. The quantitative estimate of drug-likeness (QED) is 0.430. The van der Waals surface area contributed by atoms with Crippen molar-refractivity contribution in [2.75, 3.05) is 0 Å². The molecule has 1 aliphatic rings. The predicted octanol–water partition coefficient (Wildman–Crippen LogP) is 2.39. The van der Waals surface area contributed by atoms with E-state index < -0.39 is 11.5 Å². The molecule has 0 atom stereocenters. The fraction of sp³-hybridized carbons (Fsp3) is 0.217. The molecule has 2 amide bonds. The summed E-state index contributed by atoms with van der Waals surface area (Å²) in [6.45, 7) is -0.256. The van der Waals surface area contributed by atoms with Crippen molar-refractivity contribution in [1.82, 2.24) is 24.9 Å². The monoisotopic (exact) mass is 478 g/mol. The largest absolute Gasteiger partial charge is 0.419 e. The highest BCUT2D eigenvalue weighted by molar-refractivity contribution is 6.30. The van der Waals surface area contributed by atoms with E-state index in [4.69, 9.17) is 21.8 Å². The number of aromatic nitrogens is 4. The standard InChI is InChI=1S/C23H19ClN6O4/c24-14-7-5-13(6-8-14)22-27-26-18(34-22)11-29(15-9-10-15)19(31)12-30-23(33)17-4-2-1-3-16(17)20(28-30)21(25)32/h1-8,15H,9-12H2,(H2,25,32). The molecule has 2 heterocycles. The number of rotatable bonds is 7. The van der Waals surface area contributed by atoms with Gasteiger partial charge in [0.05, 0.1) is 11.9 Å². The Bertz CT molecular complexity index is 1460. The minimum Gasteiger partial charge on any atom is -0.419 e. The van der Waals surface area contributed by atoms with Crippen molar-refractivity contribution in [1.29, 1.82) is 0 Å². The smallest absolute Gasteiger partial charge is 0.275 e. The molecule has 1 aliphatic carbocycles. The van der Waals surface area contributed by atoms with Crippen molar-refractivity contribution in [3.63, 3.8) is 0 Å². The zero-order valence-corrected chi connectivity index (χ0v) is 18.6. The Morgan fingerprint density at radius 3 is 2.47 bits per heavy atom. The van der Waals surface area contributed by atoms with E-state index in [1.165, 1.54) is 0 Å². The van der Waals surface area contributed by atoms with Crippen LogP contribution in [0.1, 0.15) is 29.2 Å². The fourth-order valence-electron chi connectivity index (χ4n) is 3.72. The third kappa shape index (κ3) is 4.27. The van der Waals surface area contributed by atoms with Crippen LogP contribution in [-0.2, 0) is 17.9 Å². The Hall–Kier alpha value is -4.05. The molecule has 0 saturated heterocycles. The minimum absolute atomic E-state index is 0.00477. The van der Waals surface area contributed by atoms with Gasteiger partial charge in [0.25, 0.3) is 11.5 Å². The van der Waals surface area contributed by atoms with E-state index >= 15 is 0 Å². The first-order chi connectivity index (χ1) is 16.4. The molecule has 1 saturated carbocycles. The molecular formula is C23H19ClN6O4.